The molecule has 0 unspecified atom stereocenters. The molecule has 3 aromatic rings. The van der Waals surface area contributed by atoms with Gasteiger partial charge in [0.2, 0.25) is 0 Å². The Balaban J connectivity index is 1.50. The first-order valence-electron chi connectivity index (χ1n) is 7.73. The molecule has 0 fully saturated rings. The van der Waals surface area contributed by atoms with Crippen LogP contribution >= 0.6 is 38.6 Å². The number of hydrogen-bond donors (Lipinski definition) is 3. The monoisotopic (exact) mass is 466 g/mol. The van der Waals surface area contributed by atoms with E-state index in [-0.39, 0.29) is 12.2 Å². The Morgan fingerprint density at radius 1 is 1.19 bits per heavy atom. The fourth-order valence-corrected chi connectivity index (χ4v) is 4.42. The fourth-order valence-electron chi connectivity index (χ4n) is 2.12. The second-order valence-corrected chi connectivity index (χ2v) is 7.91. The lowest BCUT2D eigenvalue weighted by Crippen LogP contribution is -2.44. The molecule has 3 rings (SSSR count). The minimum Gasteiger partial charge on any atom is -0.495 e. The van der Waals surface area contributed by atoms with Crippen molar-refractivity contribution in [2.75, 3.05) is 19.0 Å². The lowest BCUT2D eigenvalue weighted by molar-refractivity contribution is -0.120. The number of nitrogens with one attached hydrogen (secondary N) is 3. The van der Waals surface area contributed by atoms with Gasteiger partial charge in [-0.2, -0.15) is 0 Å². The van der Waals surface area contributed by atoms with E-state index >= 15 is 0 Å². The molecule has 2 aromatic heterocycles. The lowest BCUT2D eigenvalue weighted by atomic mass is 10.3. The van der Waals surface area contributed by atoms with E-state index in [9.17, 15) is 9.59 Å². The molecule has 10 heteroatoms. The molecule has 2 heterocycles. The molecule has 3 N–H and O–H groups in total. The van der Waals surface area contributed by atoms with Crippen molar-refractivity contribution in [3.8, 4) is 15.6 Å². The molecule has 27 heavy (non-hydrogen) atoms. The lowest BCUT2D eigenvalue weighted by Gasteiger charge is -2.11. The second kappa shape index (κ2) is 8.98. The summed E-state index contributed by atoms with van der Waals surface area (Å²) >= 11 is 6.30. The van der Waals surface area contributed by atoms with E-state index in [4.69, 9.17) is 4.74 Å². The third-order valence-electron chi connectivity index (χ3n) is 3.38. The largest absolute Gasteiger partial charge is 0.495 e. The van der Waals surface area contributed by atoms with Crippen LogP contribution in [0.1, 0.15) is 10.5 Å². The molecule has 140 valence electrons. The molecule has 7 nitrogen and oxygen atoms in total. The zero-order valence-corrected chi connectivity index (χ0v) is 17.3. The molecule has 0 aliphatic rings. The van der Waals surface area contributed by atoms with E-state index in [1.165, 1.54) is 22.7 Å². The Hall–Kier alpha value is -2.43. The van der Waals surface area contributed by atoms with Crippen LogP contribution in [0, 0.1) is 0 Å². The number of para-hydroxylation sites is 2. The minimum atomic E-state index is -0.473. The predicted molar refractivity (Wildman–Crippen MR) is 110 cm³/mol. The highest BCUT2D eigenvalue weighted by molar-refractivity contribution is 9.10. The Labute approximate surface area is 171 Å². The van der Waals surface area contributed by atoms with Crippen molar-refractivity contribution < 1.29 is 14.3 Å². The number of thiophene rings is 1. The first kappa shape index (κ1) is 19.3. The van der Waals surface area contributed by atoms with Gasteiger partial charge in [-0.3, -0.25) is 20.4 Å². The first-order valence-corrected chi connectivity index (χ1v) is 10.3. The van der Waals surface area contributed by atoms with Crippen molar-refractivity contribution in [3.63, 3.8) is 0 Å². The average Bonchev–Trinajstić information content (AvgIpc) is 3.33. The van der Waals surface area contributed by atoms with Gasteiger partial charge in [0, 0.05) is 15.2 Å². The van der Waals surface area contributed by atoms with Gasteiger partial charge in [-0.15, -0.1) is 22.7 Å². The second-order valence-electron chi connectivity index (χ2n) is 5.22. The van der Waals surface area contributed by atoms with Crippen molar-refractivity contribution in [2.45, 2.75) is 0 Å². The third-order valence-corrected chi connectivity index (χ3v) is 6.08. The van der Waals surface area contributed by atoms with Crippen LogP contribution in [-0.4, -0.2) is 30.5 Å². The molecule has 0 radical (unpaired) electrons. The van der Waals surface area contributed by atoms with E-state index in [2.05, 4.69) is 37.1 Å². The van der Waals surface area contributed by atoms with Gasteiger partial charge in [0.05, 0.1) is 24.2 Å². The highest BCUT2D eigenvalue weighted by Gasteiger charge is 2.14. The quantitative estimate of drug-likeness (QED) is 0.483. The molecule has 0 aliphatic heterocycles. The van der Waals surface area contributed by atoms with E-state index in [1.807, 2.05) is 23.6 Å². The van der Waals surface area contributed by atoms with Crippen molar-refractivity contribution in [2.24, 2.45) is 0 Å². The molecule has 0 aliphatic carbocycles. The number of thiazole rings is 1. The smallest absolute Gasteiger partial charge is 0.289 e. The number of hydrogen-bond acceptors (Lipinski definition) is 7. The molecule has 0 saturated carbocycles. The van der Waals surface area contributed by atoms with Crippen LogP contribution in [0.2, 0.25) is 0 Å². The number of halogens is 1. The van der Waals surface area contributed by atoms with Gasteiger partial charge in [-0.1, -0.05) is 12.1 Å². The van der Waals surface area contributed by atoms with Crippen LogP contribution in [-0.2, 0) is 4.79 Å². The van der Waals surface area contributed by atoms with Gasteiger partial charge in [0.25, 0.3) is 11.8 Å². The highest BCUT2D eigenvalue weighted by atomic mass is 79.9. The molecule has 0 atom stereocenters. The SMILES string of the molecule is COc1ccccc1NCC(=O)NNC(=O)c1csc(-c2cc(Br)cs2)n1. The van der Waals surface area contributed by atoms with Crippen LogP contribution in [0.4, 0.5) is 5.69 Å². The number of ether oxygens (including phenoxy) is 1. The first-order chi connectivity index (χ1) is 13.1. The van der Waals surface area contributed by atoms with Crippen molar-refractivity contribution in [3.05, 3.63) is 51.3 Å². The van der Waals surface area contributed by atoms with Crippen LogP contribution < -0.4 is 20.9 Å². The molecular weight excluding hydrogens is 452 g/mol. The zero-order chi connectivity index (χ0) is 19.2. The average molecular weight is 467 g/mol. The highest BCUT2D eigenvalue weighted by Crippen LogP contribution is 2.31. The summed E-state index contributed by atoms with van der Waals surface area (Å²) in [5.41, 5.74) is 5.66. The van der Waals surface area contributed by atoms with E-state index in [0.29, 0.717) is 11.4 Å². The summed E-state index contributed by atoms with van der Waals surface area (Å²) in [5, 5.41) is 7.30. The normalized spacial score (nSPS) is 10.3. The Bertz CT molecular complexity index is 957. The predicted octanol–water partition coefficient (Wildman–Crippen LogP) is 3.52. The van der Waals surface area contributed by atoms with E-state index in [1.54, 1.807) is 24.6 Å². The molecule has 2 amide bonds. The summed E-state index contributed by atoms with van der Waals surface area (Å²) in [4.78, 5) is 29.3. The number of carbonyl (C=O) groups excluding carboxylic acids is 2. The third kappa shape index (κ3) is 5.06. The molecule has 0 spiro atoms. The number of amides is 2. The maximum atomic E-state index is 12.1. The number of hydrazine groups is 1. The fraction of sp³-hybridized carbons (Fsp3) is 0.118. The summed E-state index contributed by atoms with van der Waals surface area (Å²) in [6.07, 6.45) is 0. The number of nitrogens with zero attached hydrogens (tertiary/aromatic N) is 1. The van der Waals surface area contributed by atoms with Crippen molar-refractivity contribution in [1.82, 2.24) is 15.8 Å². The van der Waals surface area contributed by atoms with Crippen LogP contribution in [0.25, 0.3) is 9.88 Å². The van der Waals surface area contributed by atoms with Crippen molar-refractivity contribution >= 4 is 56.1 Å². The minimum absolute atomic E-state index is 0.0216. The van der Waals surface area contributed by atoms with Gasteiger partial charge in [-0.05, 0) is 34.1 Å². The van der Waals surface area contributed by atoms with E-state index in [0.717, 1.165) is 14.4 Å². The number of carbonyl (C=O) groups is 2. The van der Waals surface area contributed by atoms with Gasteiger partial charge in [-0.25, -0.2) is 4.98 Å². The van der Waals surface area contributed by atoms with Crippen LogP contribution in [0.5, 0.6) is 5.75 Å². The number of anilines is 1. The van der Waals surface area contributed by atoms with Gasteiger partial charge in [0.15, 0.2) is 0 Å². The Morgan fingerprint density at radius 3 is 2.74 bits per heavy atom. The molecular formula is C17H15BrN4O3S2. The Kier molecular flexibility index (Phi) is 6.43. The summed E-state index contributed by atoms with van der Waals surface area (Å²) in [6, 6.07) is 9.19. The number of benzene rings is 1. The summed E-state index contributed by atoms with van der Waals surface area (Å²) < 4.78 is 6.17. The van der Waals surface area contributed by atoms with Gasteiger partial charge < -0.3 is 10.1 Å². The van der Waals surface area contributed by atoms with Gasteiger partial charge >= 0.3 is 0 Å². The van der Waals surface area contributed by atoms with Crippen LogP contribution in [0.3, 0.4) is 0 Å². The zero-order valence-electron chi connectivity index (χ0n) is 14.1. The number of methoxy groups -OCH3 is 1. The molecule has 0 bridgehead atoms. The topological polar surface area (TPSA) is 92.4 Å². The summed E-state index contributed by atoms with van der Waals surface area (Å²) in [6.45, 7) is -0.0216. The maximum absolute atomic E-state index is 12.1. The number of aromatic nitrogens is 1. The van der Waals surface area contributed by atoms with E-state index < -0.39 is 11.8 Å². The maximum Gasteiger partial charge on any atom is 0.289 e. The molecule has 0 saturated heterocycles. The van der Waals surface area contributed by atoms with Crippen LogP contribution in [0.15, 0.2) is 45.6 Å². The van der Waals surface area contributed by atoms with Crippen molar-refractivity contribution in [1.29, 1.82) is 0 Å². The number of rotatable bonds is 6. The molecule has 1 aromatic carbocycles. The van der Waals surface area contributed by atoms with Gasteiger partial charge in [0.1, 0.15) is 16.5 Å². The summed E-state index contributed by atoms with van der Waals surface area (Å²) in [7, 11) is 1.55. The summed E-state index contributed by atoms with van der Waals surface area (Å²) in [5.74, 6) is -0.241. The Morgan fingerprint density at radius 2 is 2.00 bits per heavy atom. The standard InChI is InChI=1S/C17H15BrN4O3S2/c1-25-13-5-3-2-4-11(13)19-7-15(23)21-22-16(24)12-9-27-17(20-12)14-6-10(18)8-26-14/h2-6,8-9,19H,7H2,1H3,(H,21,23)(H,22,24).